The highest BCUT2D eigenvalue weighted by molar-refractivity contribution is 6.31. The fourth-order valence-electron chi connectivity index (χ4n) is 2.53. The molecule has 1 heterocycles. The van der Waals surface area contributed by atoms with Gasteiger partial charge in [-0.05, 0) is 35.6 Å². The van der Waals surface area contributed by atoms with E-state index in [1.807, 2.05) is 24.3 Å². The number of nitrogens with zero attached hydrogens (tertiary/aromatic N) is 1. The summed E-state index contributed by atoms with van der Waals surface area (Å²) in [6, 6.07) is 12.1. The van der Waals surface area contributed by atoms with Crippen LogP contribution in [-0.2, 0) is 6.42 Å². The van der Waals surface area contributed by atoms with E-state index in [1.165, 1.54) is 6.07 Å². The van der Waals surface area contributed by atoms with Gasteiger partial charge < -0.3 is 5.73 Å². The maximum atomic E-state index is 13.9. The summed E-state index contributed by atoms with van der Waals surface area (Å²) >= 11 is 6.07. The van der Waals surface area contributed by atoms with Gasteiger partial charge in [0.25, 0.3) is 0 Å². The van der Waals surface area contributed by atoms with Crippen molar-refractivity contribution in [2.24, 2.45) is 5.73 Å². The third-order valence-electron chi connectivity index (χ3n) is 3.60. The van der Waals surface area contributed by atoms with Crippen molar-refractivity contribution < 1.29 is 4.39 Å². The molecule has 1 atom stereocenters. The zero-order valence-corrected chi connectivity index (χ0v) is 12.0. The van der Waals surface area contributed by atoms with Crippen LogP contribution in [0.3, 0.4) is 0 Å². The van der Waals surface area contributed by atoms with Gasteiger partial charge in [-0.3, -0.25) is 4.98 Å². The first-order valence-corrected chi connectivity index (χ1v) is 7.05. The molecule has 1 aromatic heterocycles. The molecule has 0 fully saturated rings. The molecule has 0 radical (unpaired) electrons. The van der Waals surface area contributed by atoms with Crippen molar-refractivity contribution in [3.05, 3.63) is 76.8 Å². The van der Waals surface area contributed by atoms with Crippen LogP contribution in [0.15, 0.2) is 54.9 Å². The lowest BCUT2D eigenvalue weighted by molar-refractivity contribution is 0.594. The van der Waals surface area contributed by atoms with Crippen LogP contribution in [0, 0.1) is 5.82 Å². The monoisotopic (exact) mass is 300 g/mol. The van der Waals surface area contributed by atoms with Crippen LogP contribution in [0.2, 0.25) is 5.02 Å². The average Bonchev–Trinajstić information content (AvgIpc) is 2.50. The standard InChI is InChI=1S/C17H14ClFN2/c18-15-5-2-6-16(19)14(15)9-17(20)13-4-1-3-11-10-21-8-7-12(11)13/h1-8,10,17H,9,20H2. The molecule has 0 saturated carbocycles. The lowest BCUT2D eigenvalue weighted by Gasteiger charge is -2.16. The summed E-state index contributed by atoms with van der Waals surface area (Å²) in [7, 11) is 0. The van der Waals surface area contributed by atoms with Gasteiger partial charge in [0.05, 0.1) is 0 Å². The van der Waals surface area contributed by atoms with Crippen molar-refractivity contribution in [1.82, 2.24) is 4.98 Å². The quantitative estimate of drug-likeness (QED) is 0.784. The molecule has 4 heteroatoms. The van der Waals surface area contributed by atoms with E-state index in [0.29, 0.717) is 17.0 Å². The summed E-state index contributed by atoms with van der Waals surface area (Å²) in [5.74, 6) is -0.320. The third kappa shape index (κ3) is 2.75. The van der Waals surface area contributed by atoms with Crippen LogP contribution in [0.1, 0.15) is 17.2 Å². The van der Waals surface area contributed by atoms with Crippen molar-refractivity contribution >= 4 is 22.4 Å². The Morgan fingerprint density at radius 2 is 1.95 bits per heavy atom. The number of pyridine rings is 1. The summed E-state index contributed by atoms with van der Waals surface area (Å²) < 4.78 is 13.9. The number of benzene rings is 2. The fraction of sp³-hybridized carbons (Fsp3) is 0.118. The summed E-state index contributed by atoms with van der Waals surface area (Å²) in [4.78, 5) is 4.10. The predicted molar refractivity (Wildman–Crippen MR) is 83.8 cm³/mol. The Morgan fingerprint density at radius 1 is 1.14 bits per heavy atom. The molecule has 2 nitrogen and oxygen atoms in total. The lowest BCUT2D eigenvalue weighted by Crippen LogP contribution is -2.15. The second-order valence-corrected chi connectivity index (χ2v) is 5.36. The Kier molecular flexibility index (Phi) is 3.86. The summed E-state index contributed by atoms with van der Waals surface area (Å²) in [6.07, 6.45) is 3.88. The van der Waals surface area contributed by atoms with Gasteiger partial charge in [-0.15, -0.1) is 0 Å². The Balaban J connectivity index is 2.00. The molecule has 2 N–H and O–H groups in total. The van der Waals surface area contributed by atoms with Gasteiger partial charge in [-0.25, -0.2) is 4.39 Å². The third-order valence-corrected chi connectivity index (χ3v) is 3.95. The molecule has 106 valence electrons. The molecule has 0 saturated heterocycles. The fourth-order valence-corrected chi connectivity index (χ4v) is 2.77. The second-order valence-electron chi connectivity index (χ2n) is 4.95. The molecule has 2 aromatic carbocycles. The zero-order valence-electron chi connectivity index (χ0n) is 11.3. The first kappa shape index (κ1) is 14.0. The van der Waals surface area contributed by atoms with E-state index in [4.69, 9.17) is 17.3 Å². The first-order valence-electron chi connectivity index (χ1n) is 6.68. The lowest BCUT2D eigenvalue weighted by atomic mass is 9.95. The van der Waals surface area contributed by atoms with Crippen molar-refractivity contribution in [3.63, 3.8) is 0 Å². The number of hydrogen-bond donors (Lipinski definition) is 1. The molecular formula is C17H14ClFN2. The van der Waals surface area contributed by atoms with Gasteiger partial charge in [0.1, 0.15) is 5.82 Å². The Hall–Kier alpha value is -1.97. The van der Waals surface area contributed by atoms with Gasteiger partial charge in [0, 0.05) is 34.4 Å². The molecule has 0 aliphatic carbocycles. The summed E-state index contributed by atoms with van der Waals surface area (Å²) in [6.45, 7) is 0. The number of nitrogens with two attached hydrogens (primary N) is 1. The number of halogens is 2. The molecule has 21 heavy (non-hydrogen) atoms. The van der Waals surface area contributed by atoms with Crippen molar-refractivity contribution in [2.75, 3.05) is 0 Å². The number of rotatable bonds is 3. The molecule has 1 unspecified atom stereocenters. The van der Waals surface area contributed by atoms with Crippen LogP contribution in [0.25, 0.3) is 10.8 Å². The Morgan fingerprint density at radius 3 is 2.76 bits per heavy atom. The second kappa shape index (κ2) is 5.80. The molecule has 3 rings (SSSR count). The predicted octanol–water partition coefficient (Wildman–Crippen LogP) is 4.27. The minimum Gasteiger partial charge on any atom is -0.324 e. The van der Waals surface area contributed by atoms with Gasteiger partial charge in [-0.2, -0.15) is 0 Å². The van der Waals surface area contributed by atoms with Crippen molar-refractivity contribution in [3.8, 4) is 0 Å². The van der Waals surface area contributed by atoms with E-state index < -0.39 is 0 Å². The van der Waals surface area contributed by atoms with Gasteiger partial charge in [-0.1, -0.05) is 35.9 Å². The molecule has 0 aliphatic heterocycles. The maximum Gasteiger partial charge on any atom is 0.127 e. The number of fused-ring (bicyclic) bond motifs is 1. The van der Waals surface area contributed by atoms with E-state index in [2.05, 4.69) is 4.98 Å². The van der Waals surface area contributed by atoms with Crippen LogP contribution in [0.5, 0.6) is 0 Å². The topological polar surface area (TPSA) is 38.9 Å². The minimum absolute atomic E-state index is 0.320. The largest absolute Gasteiger partial charge is 0.324 e. The molecule has 0 bridgehead atoms. The highest BCUT2D eigenvalue weighted by Gasteiger charge is 2.15. The minimum atomic E-state index is -0.328. The summed E-state index contributed by atoms with van der Waals surface area (Å²) in [5.41, 5.74) is 7.71. The summed E-state index contributed by atoms with van der Waals surface area (Å²) in [5, 5.41) is 2.46. The van der Waals surface area contributed by atoms with Crippen LogP contribution >= 0.6 is 11.6 Å². The van der Waals surface area contributed by atoms with Crippen LogP contribution in [-0.4, -0.2) is 4.98 Å². The molecule has 0 aliphatic rings. The maximum absolute atomic E-state index is 13.9. The SMILES string of the molecule is NC(Cc1c(F)cccc1Cl)c1cccc2cnccc12. The van der Waals surface area contributed by atoms with Gasteiger partial charge in [0.2, 0.25) is 0 Å². The van der Waals surface area contributed by atoms with E-state index in [0.717, 1.165) is 16.3 Å². The Bertz CT molecular complexity index is 763. The smallest absolute Gasteiger partial charge is 0.127 e. The number of hydrogen-bond acceptors (Lipinski definition) is 2. The highest BCUT2D eigenvalue weighted by Crippen LogP contribution is 2.28. The zero-order chi connectivity index (χ0) is 14.8. The van der Waals surface area contributed by atoms with Gasteiger partial charge >= 0.3 is 0 Å². The number of aromatic nitrogens is 1. The normalized spacial score (nSPS) is 12.5. The first-order chi connectivity index (χ1) is 10.2. The van der Waals surface area contributed by atoms with E-state index >= 15 is 0 Å². The molecule has 3 aromatic rings. The van der Waals surface area contributed by atoms with Crippen molar-refractivity contribution in [1.29, 1.82) is 0 Å². The Labute approximate surface area is 127 Å². The molecule has 0 spiro atoms. The van der Waals surface area contributed by atoms with E-state index in [1.54, 1.807) is 24.5 Å². The molecule has 0 amide bonds. The van der Waals surface area contributed by atoms with E-state index in [9.17, 15) is 4.39 Å². The van der Waals surface area contributed by atoms with Crippen LogP contribution in [0.4, 0.5) is 4.39 Å². The molecular weight excluding hydrogens is 287 g/mol. The van der Waals surface area contributed by atoms with Gasteiger partial charge in [0.15, 0.2) is 0 Å². The van der Waals surface area contributed by atoms with Crippen LogP contribution < -0.4 is 5.73 Å². The highest BCUT2D eigenvalue weighted by atomic mass is 35.5. The average molecular weight is 301 g/mol. The van der Waals surface area contributed by atoms with E-state index in [-0.39, 0.29) is 11.9 Å². The van der Waals surface area contributed by atoms with Crippen molar-refractivity contribution in [2.45, 2.75) is 12.5 Å².